The zero-order valence-electron chi connectivity index (χ0n) is 5.35. The fourth-order valence-corrected chi connectivity index (χ4v) is 1.46. The second-order valence-electron chi connectivity index (χ2n) is 1.15. The third-order valence-electron chi connectivity index (χ3n) is 0.531. The van der Waals surface area contributed by atoms with Gasteiger partial charge < -0.3 is 10.2 Å². The van der Waals surface area contributed by atoms with Crippen LogP contribution >= 0.6 is 16.5 Å². The summed E-state index contributed by atoms with van der Waals surface area (Å²) in [5, 5.41) is 16.0. The van der Waals surface area contributed by atoms with Gasteiger partial charge in [-0.3, -0.25) is 18.2 Å². The Kier molecular flexibility index (Phi) is 7.10. The summed E-state index contributed by atoms with van der Waals surface area (Å²) in [5.41, 5.74) is 0. The molecule has 0 aliphatic rings. The molecule has 0 aliphatic heterocycles. The van der Waals surface area contributed by atoms with E-state index in [1.807, 2.05) is 0 Å². The molecule has 9 heteroatoms. The molecule has 0 aromatic rings. The molecule has 7 nitrogen and oxygen atoms in total. The third kappa shape index (κ3) is 6.65. The minimum atomic E-state index is -2.96. The van der Waals surface area contributed by atoms with Crippen molar-refractivity contribution in [2.75, 3.05) is 13.6 Å². The predicted molar refractivity (Wildman–Crippen MR) is 35.4 cm³/mol. The van der Waals surface area contributed by atoms with Crippen LogP contribution in [0, 0.1) is 0 Å². The zero-order chi connectivity index (χ0) is 8.69. The average Bonchev–Trinajstić information content (AvgIpc) is 1.87. The van der Waals surface area contributed by atoms with Crippen LogP contribution in [0.3, 0.4) is 0 Å². The molecule has 0 heterocycles. The van der Waals surface area contributed by atoms with Gasteiger partial charge in [-0.05, 0) is 0 Å². The molecule has 2 N–H and O–H groups in total. The number of hydrogen-bond acceptors (Lipinski definition) is 7. The summed E-state index contributed by atoms with van der Waals surface area (Å²) in [6.45, 7) is -1.57. The van der Waals surface area contributed by atoms with Gasteiger partial charge in [0.15, 0.2) is 13.6 Å². The molecular formula is C2H8O7P2. The van der Waals surface area contributed by atoms with Crippen molar-refractivity contribution in [3.63, 3.8) is 0 Å². The van der Waals surface area contributed by atoms with E-state index in [0.29, 0.717) is 0 Å². The SMILES string of the molecule is O=[PH](OCO)O[PH](=O)OCO. The van der Waals surface area contributed by atoms with E-state index >= 15 is 0 Å². The highest BCUT2D eigenvalue weighted by atomic mass is 31.2. The molecule has 0 spiro atoms. The number of rotatable bonds is 6. The molecule has 11 heavy (non-hydrogen) atoms. The van der Waals surface area contributed by atoms with Gasteiger partial charge in [-0.15, -0.1) is 0 Å². The second-order valence-corrected chi connectivity index (χ2v) is 3.54. The second kappa shape index (κ2) is 6.94. The van der Waals surface area contributed by atoms with Gasteiger partial charge in [0, 0.05) is 0 Å². The van der Waals surface area contributed by atoms with Crippen LogP contribution in [0.5, 0.6) is 0 Å². The smallest absolute Gasteiger partial charge is 0.328 e. The van der Waals surface area contributed by atoms with Crippen molar-refractivity contribution in [1.29, 1.82) is 0 Å². The van der Waals surface area contributed by atoms with Crippen LogP contribution in [0.1, 0.15) is 0 Å². The van der Waals surface area contributed by atoms with E-state index in [-0.39, 0.29) is 0 Å². The van der Waals surface area contributed by atoms with Crippen molar-refractivity contribution in [2.24, 2.45) is 0 Å². The van der Waals surface area contributed by atoms with E-state index in [1.54, 1.807) is 0 Å². The molecule has 0 saturated carbocycles. The summed E-state index contributed by atoms with van der Waals surface area (Å²) in [5.74, 6) is 0. The maximum Gasteiger partial charge on any atom is 0.328 e. The van der Waals surface area contributed by atoms with Gasteiger partial charge in [-0.25, -0.2) is 4.31 Å². The minimum absolute atomic E-state index is 0.786. The summed E-state index contributed by atoms with van der Waals surface area (Å²) in [4.78, 5) is 0. The lowest BCUT2D eigenvalue weighted by Crippen LogP contribution is -1.84. The predicted octanol–water partition coefficient (Wildman–Crippen LogP) is -0.285. The molecule has 0 radical (unpaired) electrons. The van der Waals surface area contributed by atoms with Crippen molar-refractivity contribution >= 4 is 16.5 Å². The largest absolute Gasteiger partial charge is 0.370 e. The Morgan fingerprint density at radius 1 is 1.00 bits per heavy atom. The average molecular weight is 206 g/mol. The van der Waals surface area contributed by atoms with Crippen molar-refractivity contribution < 1.29 is 32.7 Å². The van der Waals surface area contributed by atoms with Gasteiger partial charge in [0.1, 0.15) is 0 Å². The van der Waals surface area contributed by atoms with Crippen LogP contribution in [-0.2, 0) is 22.5 Å². The highest BCUT2D eigenvalue weighted by Crippen LogP contribution is 2.38. The molecular weight excluding hydrogens is 198 g/mol. The molecule has 0 fully saturated rings. The Morgan fingerprint density at radius 3 is 1.64 bits per heavy atom. The van der Waals surface area contributed by atoms with Crippen LogP contribution in [-0.4, -0.2) is 23.8 Å². The molecule has 68 valence electrons. The van der Waals surface area contributed by atoms with Gasteiger partial charge in [0.25, 0.3) is 0 Å². The van der Waals surface area contributed by atoms with Gasteiger partial charge >= 0.3 is 16.5 Å². The maximum absolute atomic E-state index is 10.4. The van der Waals surface area contributed by atoms with E-state index in [9.17, 15) is 9.13 Å². The van der Waals surface area contributed by atoms with E-state index in [4.69, 9.17) is 10.2 Å². The molecule has 2 unspecified atom stereocenters. The number of hydrogen-bond donors (Lipinski definition) is 2. The van der Waals surface area contributed by atoms with Crippen LogP contribution in [0.15, 0.2) is 0 Å². The van der Waals surface area contributed by atoms with Gasteiger partial charge in [-0.2, -0.15) is 0 Å². The van der Waals surface area contributed by atoms with Gasteiger partial charge in [0.05, 0.1) is 0 Å². The summed E-state index contributed by atoms with van der Waals surface area (Å²) in [6, 6.07) is 0. The Bertz CT molecular complexity index is 129. The van der Waals surface area contributed by atoms with Crippen molar-refractivity contribution in [2.45, 2.75) is 0 Å². The van der Waals surface area contributed by atoms with Crippen LogP contribution in [0.4, 0.5) is 0 Å². The maximum atomic E-state index is 10.4. The molecule has 0 rings (SSSR count). The molecule has 0 aliphatic carbocycles. The van der Waals surface area contributed by atoms with Gasteiger partial charge in [0.2, 0.25) is 0 Å². The third-order valence-corrected chi connectivity index (χ3v) is 2.59. The Balaban J connectivity index is 3.49. The van der Waals surface area contributed by atoms with E-state index in [0.717, 1.165) is 0 Å². The molecule has 0 aromatic carbocycles. The summed E-state index contributed by atoms with van der Waals surface area (Å²) in [7, 11) is -5.93. The zero-order valence-corrected chi connectivity index (χ0v) is 7.35. The highest BCUT2D eigenvalue weighted by Gasteiger charge is 2.04. The summed E-state index contributed by atoms with van der Waals surface area (Å²) in [6.07, 6.45) is 0. The topological polar surface area (TPSA) is 102 Å². The summed E-state index contributed by atoms with van der Waals surface area (Å²) < 4.78 is 32.8. The highest BCUT2D eigenvalue weighted by molar-refractivity contribution is 7.47. The number of aliphatic hydroxyl groups excluding tert-OH is 2. The molecule has 0 amide bonds. The fraction of sp³-hybridized carbons (Fsp3) is 1.00. The molecule has 0 aromatic heterocycles. The minimum Gasteiger partial charge on any atom is -0.370 e. The van der Waals surface area contributed by atoms with Crippen LogP contribution < -0.4 is 0 Å². The normalized spacial score (nSPS) is 16.2. The Labute approximate surface area is 63.8 Å². The Hall–Kier alpha value is 0.260. The molecule has 0 saturated heterocycles. The van der Waals surface area contributed by atoms with Crippen molar-refractivity contribution in [3.05, 3.63) is 0 Å². The first kappa shape index (κ1) is 11.3. The standard InChI is InChI=1S/C2H8O7P2/c3-1-7-10(5)9-11(6)8-2-4/h3-4,10-11H,1-2H2. The summed E-state index contributed by atoms with van der Waals surface area (Å²) >= 11 is 0. The number of aliphatic hydroxyl groups is 2. The van der Waals surface area contributed by atoms with E-state index in [1.165, 1.54) is 0 Å². The Morgan fingerprint density at radius 2 is 1.36 bits per heavy atom. The molecule has 0 bridgehead atoms. The van der Waals surface area contributed by atoms with E-state index in [2.05, 4.69) is 13.4 Å². The monoisotopic (exact) mass is 206 g/mol. The molecule has 2 atom stereocenters. The van der Waals surface area contributed by atoms with Crippen LogP contribution in [0.25, 0.3) is 0 Å². The first-order chi connectivity index (χ1) is 5.20. The first-order valence-corrected chi connectivity index (χ1v) is 4.88. The quantitative estimate of drug-likeness (QED) is 0.454. The van der Waals surface area contributed by atoms with Gasteiger partial charge in [-0.1, -0.05) is 0 Å². The lowest BCUT2D eigenvalue weighted by atomic mass is 11.6. The fourth-order valence-electron chi connectivity index (χ4n) is 0.232. The van der Waals surface area contributed by atoms with Crippen molar-refractivity contribution in [1.82, 2.24) is 0 Å². The van der Waals surface area contributed by atoms with E-state index < -0.39 is 30.1 Å². The van der Waals surface area contributed by atoms with Crippen LogP contribution in [0.2, 0.25) is 0 Å². The first-order valence-electron chi connectivity index (χ1n) is 2.43. The lowest BCUT2D eigenvalue weighted by Gasteiger charge is -2.01. The van der Waals surface area contributed by atoms with Crippen molar-refractivity contribution in [3.8, 4) is 0 Å². The lowest BCUT2D eigenvalue weighted by molar-refractivity contribution is 0.0834.